The summed E-state index contributed by atoms with van der Waals surface area (Å²) in [6, 6.07) is 23.9. The van der Waals surface area contributed by atoms with Gasteiger partial charge < -0.3 is 4.42 Å². The minimum atomic E-state index is 0.386. The summed E-state index contributed by atoms with van der Waals surface area (Å²) in [5.74, 6) is 0.710. The van der Waals surface area contributed by atoms with E-state index < -0.39 is 0 Å². The molecule has 0 spiro atoms. The third-order valence-electron chi connectivity index (χ3n) is 5.65. The zero-order chi connectivity index (χ0) is 21.7. The molecule has 0 aliphatic carbocycles. The van der Waals surface area contributed by atoms with Gasteiger partial charge in [-0.25, -0.2) is 4.98 Å². The van der Waals surface area contributed by atoms with Gasteiger partial charge in [-0.05, 0) is 42.0 Å². The Morgan fingerprint density at radius 2 is 1.81 bits per heavy atom. The standard InChI is InChI=1S/C26H15ClN4O/c27-21-13-22-20(12-19(21)25-11-17-3-1-2-4-24(17)32-25)26-23(14-29-22)30-15-31(26)18-7-5-16(6-8-18)9-10-28/h1-8,11-15H,9H2. The first-order valence-electron chi connectivity index (χ1n) is 10.1. The molecule has 0 amide bonds. The van der Waals surface area contributed by atoms with Crippen LogP contribution in [-0.2, 0) is 6.42 Å². The van der Waals surface area contributed by atoms with Gasteiger partial charge in [-0.1, -0.05) is 41.9 Å². The number of pyridine rings is 1. The van der Waals surface area contributed by atoms with Crippen molar-refractivity contribution in [3.8, 4) is 23.1 Å². The largest absolute Gasteiger partial charge is 0.456 e. The van der Waals surface area contributed by atoms with Gasteiger partial charge in [0.1, 0.15) is 23.2 Å². The molecule has 0 bridgehead atoms. The fourth-order valence-electron chi connectivity index (χ4n) is 4.08. The van der Waals surface area contributed by atoms with E-state index in [1.807, 2.05) is 71.3 Å². The van der Waals surface area contributed by atoms with Crippen LogP contribution in [0.4, 0.5) is 0 Å². The molecule has 152 valence electrons. The fraction of sp³-hybridized carbons (Fsp3) is 0.0385. The summed E-state index contributed by atoms with van der Waals surface area (Å²) in [5, 5.41) is 11.5. The monoisotopic (exact) mass is 434 g/mol. The maximum absolute atomic E-state index is 8.93. The van der Waals surface area contributed by atoms with Crippen molar-refractivity contribution < 1.29 is 4.42 Å². The lowest BCUT2D eigenvalue weighted by Gasteiger charge is -2.09. The Kier molecular flexibility index (Phi) is 4.20. The van der Waals surface area contributed by atoms with E-state index in [9.17, 15) is 0 Å². The van der Waals surface area contributed by atoms with Crippen LogP contribution in [0.15, 0.2) is 83.7 Å². The second-order valence-corrected chi connectivity index (χ2v) is 8.01. The molecule has 0 saturated heterocycles. The topological polar surface area (TPSA) is 67.6 Å². The van der Waals surface area contributed by atoms with E-state index in [4.69, 9.17) is 21.3 Å². The number of fused-ring (bicyclic) bond motifs is 4. The summed E-state index contributed by atoms with van der Waals surface area (Å²) in [6.07, 6.45) is 3.94. The number of benzene rings is 3. The maximum atomic E-state index is 8.93. The van der Waals surface area contributed by atoms with Crippen molar-refractivity contribution in [3.63, 3.8) is 0 Å². The molecule has 3 aromatic carbocycles. The average Bonchev–Trinajstić information content (AvgIpc) is 3.44. The highest BCUT2D eigenvalue weighted by molar-refractivity contribution is 6.34. The van der Waals surface area contributed by atoms with Crippen LogP contribution in [-0.4, -0.2) is 14.5 Å². The second kappa shape index (κ2) is 7.23. The quantitative estimate of drug-likeness (QED) is 0.310. The number of hydrogen-bond acceptors (Lipinski definition) is 4. The van der Waals surface area contributed by atoms with Gasteiger partial charge in [0.25, 0.3) is 0 Å². The molecular weight excluding hydrogens is 420 g/mol. The minimum Gasteiger partial charge on any atom is -0.456 e. The predicted octanol–water partition coefficient (Wildman–Crippen LogP) is 6.71. The first kappa shape index (κ1) is 18.6. The molecule has 32 heavy (non-hydrogen) atoms. The Morgan fingerprint density at radius 1 is 0.969 bits per heavy atom. The van der Waals surface area contributed by atoms with Crippen LogP contribution in [0, 0.1) is 11.3 Å². The van der Waals surface area contributed by atoms with Crippen LogP contribution in [0.3, 0.4) is 0 Å². The van der Waals surface area contributed by atoms with Crippen molar-refractivity contribution in [2.45, 2.75) is 6.42 Å². The van der Waals surface area contributed by atoms with Gasteiger partial charge in [-0.3, -0.25) is 9.55 Å². The summed E-state index contributed by atoms with van der Waals surface area (Å²) in [7, 11) is 0. The summed E-state index contributed by atoms with van der Waals surface area (Å²) < 4.78 is 8.11. The van der Waals surface area contributed by atoms with Gasteiger partial charge in [0, 0.05) is 22.0 Å². The predicted molar refractivity (Wildman–Crippen MR) is 126 cm³/mol. The van der Waals surface area contributed by atoms with Crippen LogP contribution < -0.4 is 0 Å². The lowest BCUT2D eigenvalue weighted by molar-refractivity contribution is 0.632. The molecule has 6 aromatic rings. The van der Waals surface area contributed by atoms with Crippen molar-refractivity contribution >= 4 is 44.5 Å². The number of rotatable bonds is 3. The van der Waals surface area contributed by atoms with Gasteiger partial charge in [0.15, 0.2) is 0 Å². The van der Waals surface area contributed by atoms with Gasteiger partial charge >= 0.3 is 0 Å². The van der Waals surface area contributed by atoms with Crippen molar-refractivity contribution in [1.82, 2.24) is 14.5 Å². The first-order valence-corrected chi connectivity index (χ1v) is 10.5. The smallest absolute Gasteiger partial charge is 0.136 e. The molecule has 0 N–H and O–H groups in total. The molecule has 5 nitrogen and oxygen atoms in total. The van der Waals surface area contributed by atoms with Crippen LogP contribution >= 0.6 is 11.6 Å². The zero-order valence-corrected chi connectivity index (χ0v) is 17.5. The summed E-state index contributed by atoms with van der Waals surface area (Å²) >= 11 is 6.65. The fourth-order valence-corrected chi connectivity index (χ4v) is 4.33. The Labute approximate surface area is 188 Å². The van der Waals surface area contributed by atoms with Crippen LogP contribution in [0.1, 0.15) is 5.56 Å². The molecule has 6 rings (SSSR count). The Morgan fingerprint density at radius 3 is 2.62 bits per heavy atom. The minimum absolute atomic E-state index is 0.386. The van der Waals surface area contributed by atoms with E-state index >= 15 is 0 Å². The molecule has 0 fully saturated rings. The second-order valence-electron chi connectivity index (χ2n) is 7.61. The highest BCUT2D eigenvalue weighted by Crippen LogP contribution is 2.37. The molecule has 0 saturated carbocycles. The summed E-state index contributed by atoms with van der Waals surface area (Å²) in [4.78, 5) is 9.12. The summed E-state index contributed by atoms with van der Waals surface area (Å²) in [5.41, 5.74) is 6.08. The number of nitriles is 1. The molecule has 6 heteroatoms. The van der Waals surface area contributed by atoms with Crippen LogP contribution in [0.5, 0.6) is 0 Å². The Bertz CT molecular complexity index is 1640. The van der Waals surface area contributed by atoms with Gasteiger partial charge in [0.05, 0.1) is 34.7 Å². The highest BCUT2D eigenvalue weighted by Gasteiger charge is 2.16. The normalized spacial score (nSPS) is 11.4. The van der Waals surface area contributed by atoms with Gasteiger partial charge in [-0.15, -0.1) is 0 Å². The number of aromatic nitrogens is 3. The number of hydrogen-bond donors (Lipinski definition) is 0. The third kappa shape index (κ3) is 2.93. The number of para-hydroxylation sites is 1. The van der Waals surface area contributed by atoms with E-state index in [0.29, 0.717) is 17.2 Å². The van der Waals surface area contributed by atoms with E-state index in [2.05, 4.69) is 16.0 Å². The lowest BCUT2D eigenvalue weighted by Crippen LogP contribution is -1.94. The third-order valence-corrected chi connectivity index (χ3v) is 5.96. The Hall–Kier alpha value is -4.14. The van der Waals surface area contributed by atoms with Crippen molar-refractivity contribution in [3.05, 3.63) is 89.8 Å². The first-order chi connectivity index (χ1) is 15.7. The molecule has 3 heterocycles. The van der Waals surface area contributed by atoms with Crippen molar-refractivity contribution in [1.29, 1.82) is 5.26 Å². The number of halogens is 1. The van der Waals surface area contributed by atoms with Gasteiger partial charge in [0.2, 0.25) is 0 Å². The van der Waals surface area contributed by atoms with Crippen LogP contribution in [0.2, 0.25) is 5.02 Å². The molecule has 0 unspecified atom stereocenters. The zero-order valence-electron chi connectivity index (χ0n) is 16.8. The molecule has 0 radical (unpaired) electrons. The van der Waals surface area contributed by atoms with E-state index in [-0.39, 0.29) is 0 Å². The number of furan rings is 1. The van der Waals surface area contributed by atoms with Gasteiger partial charge in [-0.2, -0.15) is 5.26 Å². The van der Waals surface area contributed by atoms with Crippen molar-refractivity contribution in [2.24, 2.45) is 0 Å². The SMILES string of the molecule is N#CCc1ccc(-n2cnc3cnc4cc(Cl)c(-c5cc6ccccc6o5)cc4c32)cc1. The molecule has 3 aromatic heterocycles. The number of imidazole rings is 1. The lowest BCUT2D eigenvalue weighted by atomic mass is 10.1. The molecule has 0 aliphatic rings. The number of nitrogens with zero attached hydrogens (tertiary/aromatic N) is 4. The van der Waals surface area contributed by atoms with E-state index in [1.54, 1.807) is 12.5 Å². The Balaban J connectivity index is 1.58. The molecule has 0 aliphatic heterocycles. The molecular formula is C26H15ClN4O. The van der Waals surface area contributed by atoms with Crippen molar-refractivity contribution in [2.75, 3.05) is 0 Å². The van der Waals surface area contributed by atoms with E-state index in [1.165, 1.54) is 0 Å². The average molecular weight is 435 g/mol. The van der Waals surface area contributed by atoms with Crippen LogP contribution in [0.25, 0.3) is 49.9 Å². The molecule has 0 atom stereocenters. The summed E-state index contributed by atoms with van der Waals surface area (Å²) in [6.45, 7) is 0. The highest BCUT2D eigenvalue weighted by atomic mass is 35.5. The van der Waals surface area contributed by atoms with E-state index in [0.717, 1.165) is 49.7 Å². The maximum Gasteiger partial charge on any atom is 0.136 e.